The molecule has 1 aromatic rings. The molecule has 1 rings (SSSR count). The van der Waals surface area contributed by atoms with E-state index in [-0.39, 0.29) is 0 Å². The van der Waals surface area contributed by atoms with Crippen molar-refractivity contribution in [3.8, 4) is 0 Å². The van der Waals surface area contributed by atoms with E-state index in [0.29, 0.717) is 11.3 Å². The number of rotatable bonds is 3. The fourth-order valence-corrected chi connectivity index (χ4v) is 1.28. The van der Waals surface area contributed by atoms with Crippen molar-refractivity contribution < 1.29 is 0 Å². The third kappa shape index (κ3) is 2.58. The molecule has 1 heterocycles. The molecule has 14 heavy (non-hydrogen) atoms. The Morgan fingerprint density at radius 2 is 2.00 bits per heavy atom. The summed E-state index contributed by atoms with van der Waals surface area (Å²) in [7, 11) is 0. The molecule has 0 radical (unpaired) electrons. The summed E-state index contributed by atoms with van der Waals surface area (Å²) < 4.78 is 0. The van der Waals surface area contributed by atoms with Gasteiger partial charge in [0.25, 0.3) is 0 Å². The molecule has 4 heteroatoms. The number of aryl methyl sites for hydroxylation is 1. The van der Waals surface area contributed by atoms with Crippen molar-refractivity contribution in [1.29, 1.82) is 0 Å². The molecule has 0 aliphatic carbocycles. The molecule has 0 bridgehead atoms. The molecule has 1 unspecified atom stereocenters. The van der Waals surface area contributed by atoms with Gasteiger partial charge in [-0.05, 0) is 38.8 Å². The van der Waals surface area contributed by atoms with Crippen LogP contribution in [0.1, 0.15) is 31.5 Å². The second-order valence-corrected chi connectivity index (χ2v) is 3.84. The summed E-state index contributed by atoms with van der Waals surface area (Å²) in [5, 5.41) is 3.61. The highest BCUT2D eigenvalue weighted by atomic mass is 35.5. The van der Waals surface area contributed by atoms with Crippen LogP contribution >= 0.6 is 11.6 Å². The highest BCUT2D eigenvalue weighted by molar-refractivity contribution is 6.28. The Balaban J connectivity index is 2.96. The van der Waals surface area contributed by atoms with E-state index in [1.807, 2.05) is 13.8 Å². The van der Waals surface area contributed by atoms with Gasteiger partial charge in [-0.15, -0.1) is 0 Å². The fraction of sp³-hybridized carbons (Fsp3) is 0.600. The Bertz CT molecular complexity index is 325. The molecule has 0 aromatic carbocycles. The van der Waals surface area contributed by atoms with Crippen LogP contribution in [0.2, 0.25) is 5.28 Å². The van der Waals surface area contributed by atoms with Gasteiger partial charge in [0.05, 0.1) is 0 Å². The molecule has 0 amide bonds. The van der Waals surface area contributed by atoms with Gasteiger partial charge in [0.1, 0.15) is 5.82 Å². The Hall–Kier alpha value is -0.830. The maximum atomic E-state index is 5.79. The second kappa shape index (κ2) is 4.60. The Labute approximate surface area is 89.9 Å². The lowest BCUT2D eigenvalue weighted by atomic mass is 10.2. The van der Waals surface area contributed by atoms with Crippen LogP contribution in [-0.4, -0.2) is 16.0 Å². The quantitative estimate of drug-likeness (QED) is 0.785. The fourth-order valence-electron chi connectivity index (χ4n) is 1.07. The summed E-state index contributed by atoms with van der Waals surface area (Å²) in [6.45, 7) is 8.18. The van der Waals surface area contributed by atoms with E-state index in [0.717, 1.165) is 23.5 Å². The molecule has 0 saturated heterocycles. The Morgan fingerprint density at radius 1 is 1.36 bits per heavy atom. The minimum Gasteiger partial charge on any atom is -0.367 e. The lowest BCUT2D eigenvalue weighted by Gasteiger charge is -2.15. The molecule has 1 aromatic heterocycles. The molecule has 1 N–H and O–H groups in total. The molecule has 3 nitrogen and oxygen atoms in total. The van der Waals surface area contributed by atoms with Crippen molar-refractivity contribution in [2.24, 2.45) is 0 Å². The predicted octanol–water partition coefficient (Wildman–Crippen LogP) is 2.96. The van der Waals surface area contributed by atoms with Gasteiger partial charge in [-0.2, -0.15) is 0 Å². The van der Waals surface area contributed by atoms with E-state index >= 15 is 0 Å². The van der Waals surface area contributed by atoms with Gasteiger partial charge >= 0.3 is 0 Å². The monoisotopic (exact) mass is 213 g/mol. The normalized spacial score (nSPS) is 12.6. The van der Waals surface area contributed by atoms with Gasteiger partial charge in [0.2, 0.25) is 5.28 Å². The minimum absolute atomic E-state index is 0.305. The molecule has 0 aliphatic rings. The minimum atomic E-state index is 0.305. The van der Waals surface area contributed by atoms with E-state index in [1.54, 1.807) is 0 Å². The molecule has 0 saturated carbocycles. The Kier molecular flexibility index (Phi) is 3.69. The third-order valence-corrected chi connectivity index (χ3v) is 2.53. The van der Waals surface area contributed by atoms with Crippen molar-refractivity contribution in [1.82, 2.24) is 9.97 Å². The average molecular weight is 214 g/mol. The van der Waals surface area contributed by atoms with Crippen LogP contribution in [0.4, 0.5) is 5.82 Å². The number of nitrogens with one attached hydrogen (secondary N) is 1. The van der Waals surface area contributed by atoms with E-state index < -0.39 is 0 Å². The standard InChI is InChI=1S/C10H16ClN3/c1-5-6(2)12-9-7(3)8(4)13-10(11)14-9/h6H,5H2,1-4H3,(H,12,13,14). The number of nitrogens with zero attached hydrogens (tertiary/aromatic N) is 2. The largest absolute Gasteiger partial charge is 0.367 e. The summed E-state index contributed by atoms with van der Waals surface area (Å²) in [5.41, 5.74) is 1.99. The van der Waals surface area contributed by atoms with Gasteiger partial charge in [-0.25, -0.2) is 9.97 Å². The molecular weight excluding hydrogens is 198 g/mol. The number of hydrogen-bond donors (Lipinski definition) is 1. The van der Waals surface area contributed by atoms with Crippen LogP contribution in [0.25, 0.3) is 0 Å². The first-order valence-corrected chi connectivity index (χ1v) is 5.19. The van der Waals surface area contributed by atoms with Crippen LogP contribution in [0.5, 0.6) is 0 Å². The number of anilines is 1. The molecule has 0 aliphatic heterocycles. The second-order valence-electron chi connectivity index (χ2n) is 3.51. The zero-order valence-electron chi connectivity index (χ0n) is 9.06. The van der Waals surface area contributed by atoms with Crippen molar-refractivity contribution in [3.05, 3.63) is 16.5 Å². The molecule has 0 spiro atoms. The summed E-state index contributed by atoms with van der Waals surface area (Å²) in [6, 6.07) is 0.402. The topological polar surface area (TPSA) is 37.8 Å². The number of halogens is 1. The molecule has 78 valence electrons. The lowest BCUT2D eigenvalue weighted by molar-refractivity contribution is 0.756. The molecule has 0 fully saturated rings. The maximum Gasteiger partial charge on any atom is 0.224 e. The zero-order valence-corrected chi connectivity index (χ0v) is 9.81. The summed E-state index contributed by atoms with van der Waals surface area (Å²) in [6.07, 6.45) is 1.06. The van der Waals surface area contributed by atoms with Crippen molar-refractivity contribution >= 4 is 17.4 Å². The van der Waals surface area contributed by atoms with Crippen molar-refractivity contribution in [2.45, 2.75) is 40.2 Å². The summed E-state index contributed by atoms with van der Waals surface area (Å²) >= 11 is 5.79. The van der Waals surface area contributed by atoms with E-state index in [9.17, 15) is 0 Å². The van der Waals surface area contributed by atoms with Gasteiger partial charge in [-0.1, -0.05) is 6.92 Å². The molecule has 1 atom stereocenters. The van der Waals surface area contributed by atoms with Crippen LogP contribution in [-0.2, 0) is 0 Å². The summed E-state index contributed by atoms with van der Waals surface area (Å²) in [4.78, 5) is 8.25. The smallest absolute Gasteiger partial charge is 0.224 e. The average Bonchev–Trinajstić information content (AvgIpc) is 2.13. The first kappa shape index (κ1) is 11.2. The zero-order chi connectivity index (χ0) is 10.7. The Morgan fingerprint density at radius 3 is 2.57 bits per heavy atom. The highest BCUT2D eigenvalue weighted by Crippen LogP contribution is 2.18. The van der Waals surface area contributed by atoms with Gasteiger partial charge in [-0.3, -0.25) is 0 Å². The highest BCUT2D eigenvalue weighted by Gasteiger charge is 2.08. The SMILES string of the molecule is CCC(C)Nc1nc(Cl)nc(C)c1C. The van der Waals surface area contributed by atoms with Gasteiger partial charge in [0.15, 0.2) is 0 Å². The third-order valence-electron chi connectivity index (χ3n) is 2.36. The number of aromatic nitrogens is 2. The van der Waals surface area contributed by atoms with E-state index in [2.05, 4.69) is 29.1 Å². The lowest BCUT2D eigenvalue weighted by Crippen LogP contribution is -2.16. The molecular formula is C10H16ClN3. The van der Waals surface area contributed by atoms with Crippen LogP contribution in [0.3, 0.4) is 0 Å². The first-order valence-electron chi connectivity index (χ1n) is 4.81. The summed E-state index contributed by atoms with van der Waals surface area (Å²) in [5.74, 6) is 0.844. The van der Waals surface area contributed by atoms with Crippen LogP contribution < -0.4 is 5.32 Å². The predicted molar refractivity (Wildman–Crippen MR) is 59.9 cm³/mol. The maximum absolute atomic E-state index is 5.79. The first-order chi connectivity index (χ1) is 6.54. The van der Waals surface area contributed by atoms with Crippen LogP contribution in [0, 0.1) is 13.8 Å². The number of hydrogen-bond acceptors (Lipinski definition) is 3. The van der Waals surface area contributed by atoms with Gasteiger partial charge in [0, 0.05) is 17.3 Å². The van der Waals surface area contributed by atoms with E-state index in [1.165, 1.54) is 0 Å². The van der Waals surface area contributed by atoms with Crippen molar-refractivity contribution in [3.63, 3.8) is 0 Å². The van der Waals surface area contributed by atoms with E-state index in [4.69, 9.17) is 11.6 Å². The van der Waals surface area contributed by atoms with Crippen LogP contribution in [0.15, 0.2) is 0 Å². The van der Waals surface area contributed by atoms with Crippen molar-refractivity contribution in [2.75, 3.05) is 5.32 Å². The van der Waals surface area contributed by atoms with Gasteiger partial charge < -0.3 is 5.32 Å².